The summed E-state index contributed by atoms with van der Waals surface area (Å²) in [7, 11) is 0. The number of allylic oxidation sites excluding steroid dienone is 8. The normalized spacial score (nSPS) is 15.8. The second kappa shape index (κ2) is 16.5. The first-order valence-electron chi connectivity index (χ1n) is 24.7. The van der Waals surface area contributed by atoms with Gasteiger partial charge in [-0.3, -0.25) is 0 Å². The van der Waals surface area contributed by atoms with Crippen LogP contribution >= 0.6 is 0 Å². The van der Waals surface area contributed by atoms with Gasteiger partial charge in [0.15, 0.2) is 0 Å². The molecule has 330 valence electrons. The van der Waals surface area contributed by atoms with Crippen LogP contribution in [0.4, 0.5) is 0 Å². The molecule has 0 aliphatic heterocycles. The molecule has 12 aromatic rings. The quantitative estimate of drug-likeness (QED) is 0.141. The molecule has 0 amide bonds. The highest BCUT2D eigenvalue weighted by Crippen LogP contribution is 2.46. The van der Waals surface area contributed by atoms with Gasteiger partial charge in [-0.2, -0.15) is 0 Å². The van der Waals surface area contributed by atoms with E-state index in [2.05, 4.69) is 264 Å². The summed E-state index contributed by atoms with van der Waals surface area (Å²) in [6.07, 6.45) is 18.2. The van der Waals surface area contributed by atoms with Crippen molar-refractivity contribution in [3.8, 4) is 39.1 Å². The van der Waals surface area contributed by atoms with E-state index < -0.39 is 0 Å². The average molecular weight is 893 g/mol. The van der Waals surface area contributed by atoms with E-state index >= 15 is 0 Å². The number of fused-ring (bicyclic) bond motifs is 8. The van der Waals surface area contributed by atoms with Crippen LogP contribution in [-0.4, -0.2) is 9.13 Å². The second-order valence-corrected chi connectivity index (χ2v) is 19.1. The molecule has 2 aliphatic carbocycles. The van der Waals surface area contributed by atoms with Gasteiger partial charge in [0.05, 0.1) is 22.1 Å². The Balaban J connectivity index is 0.875. The number of rotatable bonds is 7. The number of aromatic nitrogens is 2. The Morgan fingerprint density at radius 2 is 0.857 bits per heavy atom. The fourth-order valence-corrected chi connectivity index (χ4v) is 11.9. The summed E-state index contributed by atoms with van der Waals surface area (Å²) >= 11 is 0. The van der Waals surface area contributed by atoms with Crippen LogP contribution in [0.3, 0.4) is 0 Å². The van der Waals surface area contributed by atoms with Gasteiger partial charge in [0.1, 0.15) is 0 Å². The summed E-state index contributed by atoms with van der Waals surface area (Å²) in [5.41, 5.74) is 17.4. The summed E-state index contributed by atoms with van der Waals surface area (Å²) in [4.78, 5) is 0. The lowest BCUT2D eigenvalue weighted by Gasteiger charge is -2.24. The van der Waals surface area contributed by atoms with Crippen LogP contribution in [0.15, 0.2) is 255 Å². The lowest BCUT2D eigenvalue weighted by Crippen LogP contribution is -2.05. The van der Waals surface area contributed by atoms with Crippen LogP contribution in [0.2, 0.25) is 0 Å². The van der Waals surface area contributed by atoms with Crippen molar-refractivity contribution in [3.63, 3.8) is 0 Å². The molecule has 0 bridgehead atoms. The Morgan fingerprint density at radius 3 is 1.41 bits per heavy atom. The van der Waals surface area contributed by atoms with E-state index in [0.29, 0.717) is 5.92 Å². The lowest BCUT2D eigenvalue weighted by atomic mass is 9.81. The number of hydrogen-bond donors (Lipinski definition) is 0. The first-order valence-corrected chi connectivity index (χ1v) is 24.7. The van der Waals surface area contributed by atoms with Crippen LogP contribution in [0.1, 0.15) is 35.8 Å². The maximum atomic E-state index is 2.50. The largest absolute Gasteiger partial charge is 0.310 e. The molecule has 70 heavy (non-hydrogen) atoms. The van der Waals surface area contributed by atoms with Gasteiger partial charge >= 0.3 is 0 Å². The van der Waals surface area contributed by atoms with Crippen LogP contribution in [-0.2, 0) is 0 Å². The first-order chi connectivity index (χ1) is 34.7. The second-order valence-electron chi connectivity index (χ2n) is 19.1. The molecule has 0 spiro atoms. The average Bonchev–Trinajstić information content (AvgIpc) is 3.95. The number of para-hydroxylation sites is 2. The van der Waals surface area contributed by atoms with Crippen molar-refractivity contribution in [2.45, 2.75) is 24.7 Å². The van der Waals surface area contributed by atoms with E-state index in [-0.39, 0.29) is 5.92 Å². The highest BCUT2D eigenvalue weighted by Gasteiger charge is 2.23. The molecule has 2 heterocycles. The molecule has 0 saturated heterocycles. The van der Waals surface area contributed by atoms with Crippen molar-refractivity contribution in [1.29, 1.82) is 0 Å². The topological polar surface area (TPSA) is 9.86 Å². The highest BCUT2D eigenvalue weighted by atomic mass is 15.0. The van der Waals surface area contributed by atoms with Crippen molar-refractivity contribution in [1.82, 2.24) is 9.13 Å². The van der Waals surface area contributed by atoms with Gasteiger partial charge in [-0.1, -0.05) is 200 Å². The minimum atomic E-state index is 0.225. The Morgan fingerprint density at radius 1 is 0.343 bits per heavy atom. The van der Waals surface area contributed by atoms with E-state index in [4.69, 9.17) is 0 Å². The van der Waals surface area contributed by atoms with Gasteiger partial charge in [-0.15, -0.1) is 0 Å². The van der Waals surface area contributed by atoms with E-state index in [1.165, 1.54) is 115 Å². The fourth-order valence-electron chi connectivity index (χ4n) is 11.9. The third kappa shape index (κ3) is 6.55. The molecular weight excluding hydrogens is 845 g/mol. The molecule has 2 aromatic heterocycles. The molecule has 0 fully saturated rings. The summed E-state index contributed by atoms with van der Waals surface area (Å²) in [6, 6.07) is 78.9. The van der Waals surface area contributed by atoms with E-state index in [0.717, 1.165) is 18.5 Å². The standard InChI is InChI=1S/C68H48N2/c1-3-15-45(16-4-1)46-27-29-47(30-28-46)51-35-41-65-61(43-51)62-44-52(48-31-37-53(38-32-48)69-63-25-13-11-19-55(63)56-20-12-14-26-64(56)69)36-42-66(62)70(65)54-39-33-50(34-40-54)68-59-23-9-7-21-57(59)67(49-17-5-2-6-18-49)58-22-8-10-24-60(58)68/h1-15,17-33,35-45,50H,16,34H2. The molecule has 2 unspecified atom stereocenters. The van der Waals surface area contributed by atoms with E-state index in [1.807, 2.05) is 0 Å². The Kier molecular flexibility index (Phi) is 9.52. The van der Waals surface area contributed by atoms with Gasteiger partial charge in [0.2, 0.25) is 0 Å². The van der Waals surface area contributed by atoms with Crippen molar-refractivity contribution in [3.05, 3.63) is 266 Å². The predicted octanol–water partition coefficient (Wildman–Crippen LogP) is 18.4. The van der Waals surface area contributed by atoms with Crippen LogP contribution in [0.25, 0.3) is 110 Å². The summed E-state index contributed by atoms with van der Waals surface area (Å²) in [5, 5.41) is 10.3. The van der Waals surface area contributed by atoms with Crippen LogP contribution in [0.5, 0.6) is 0 Å². The van der Waals surface area contributed by atoms with Crippen molar-refractivity contribution in [2.75, 3.05) is 0 Å². The SMILES string of the molecule is C1=CCC(c2ccc(-c3ccc4c(c3)c3cc(-c5ccc(-n6c7ccccc7c7ccccc76)cc5)ccc3n4C3=CCC(c4c5ccccc5c(-c5ccccc5)c5ccccc45)C=C3)cc2)C=C1. The number of hydrogen-bond acceptors (Lipinski definition) is 0. The van der Waals surface area contributed by atoms with Gasteiger partial charge in [0, 0.05) is 44.8 Å². The van der Waals surface area contributed by atoms with Gasteiger partial charge in [0.25, 0.3) is 0 Å². The number of benzene rings is 10. The predicted molar refractivity (Wildman–Crippen MR) is 298 cm³/mol. The maximum Gasteiger partial charge on any atom is 0.0541 e. The monoisotopic (exact) mass is 892 g/mol. The zero-order valence-electron chi connectivity index (χ0n) is 38.7. The van der Waals surface area contributed by atoms with E-state index in [9.17, 15) is 0 Å². The van der Waals surface area contributed by atoms with Crippen LogP contribution in [0, 0.1) is 0 Å². The fraction of sp³-hybridized carbons (Fsp3) is 0.0588. The molecule has 0 saturated carbocycles. The molecule has 2 aliphatic rings. The zero-order valence-corrected chi connectivity index (χ0v) is 38.7. The summed E-state index contributed by atoms with van der Waals surface area (Å²) in [6.45, 7) is 0. The molecule has 2 atom stereocenters. The Bertz CT molecular complexity index is 4040. The van der Waals surface area contributed by atoms with Crippen LogP contribution < -0.4 is 0 Å². The maximum absolute atomic E-state index is 2.50. The molecule has 0 N–H and O–H groups in total. The minimum absolute atomic E-state index is 0.225. The molecule has 2 heteroatoms. The molecule has 10 aromatic carbocycles. The third-order valence-electron chi connectivity index (χ3n) is 15.2. The molecular formula is C68H48N2. The van der Waals surface area contributed by atoms with Crippen molar-refractivity contribution in [2.24, 2.45) is 0 Å². The third-order valence-corrected chi connectivity index (χ3v) is 15.2. The molecule has 0 radical (unpaired) electrons. The Labute approximate surface area is 407 Å². The van der Waals surface area contributed by atoms with Gasteiger partial charge in [-0.05, 0) is 134 Å². The zero-order chi connectivity index (χ0) is 46.1. The molecule has 14 rings (SSSR count). The van der Waals surface area contributed by atoms with Crippen molar-refractivity contribution >= 4 is 70.9 Å². The minimum Gasteiger partial charge on any atom is -0.310 e. The van der Waals surface area contributed by atoms with Gasteiger partial charge < -0.3 is 9.13 Å². The Hall–Kier alpha value is -8.72. The highest BCUT2D eigenvalue weighted by molar-refractivity contribution is 6.16. The van der Waals surface area contributed by atoms with Crippen molar-refractivity contribution < 1.29 is 0 Å². The number of nitrogens with zero attached hydrogens (tertiary/aromatic N) is 2. The van der Waals surface area contributed by atoms with Gasteiger partial charge in [-0.25, -0.2) is 0 Å². The molecule has 2 nitrogen and oxygen atoms in total. The lowest BCUT2D eigenvalue weighted by molar-refractivity contribution is 0.854. The van der Waals surface area contributed by atoms with E-state index in [1.54, 1.807) is 0 Å². The summed E-state index contributed by atoms with van der Waals surface area (Å²) < 4.78 is 4.89. The first kappa shape index (κ1) is 40.4. The summed E-state index contributed by atoms with van der Waals surface area (Å²) in [5.74, 6) is 0.653. The smallest absolute Gasteiger partial charge is 0.0541 e.